The monoisotopic (exact) mass is 220 g/mol. The Hall–Kier alpha value is -0.910. The quantitative estimate of drug-likeness (QED) is 0.622. The van der Waals surface area contributed by atoms with E-state index in [1.165, 1.54) is 17.7 Å². The molecule has 0 aliphatic heterocycles. The van der Waals surface area contributed by atoms with Gasteiger partial charge in [0.05, 0.1) is 0 Å². The SMILES string of the molecule is CCCSCc1ccc(C#CCO)cc1. The van der Waals surface area contributed by atoms with Crippen LogP contribution in [0.15, 0.2) is 24.3 Å². The minimum absolute atomic E-state index is 0.0753. The van der Waals surface area contributed by atoms with Gasteiger partial charge in [0.15, 0.2) is 0 Å². The van der Waals surface area contributed by atoms with Gasteiger partial charge in [-0.25, -0.2) is 0 Å². The van der Waals surface area contributed by atoms with Crippen LogP contribution in [0.2, 0.25) is 0 Å². The highest BCUT2D eigenvalue weighted by Gasteiger charge is 1.93. The van der Waals surface area contributed by atoms with Crippen LogP contribution in [0, 0.1) is 11.8 Å². The van der Waals surface area contributed by atoms with Gasteiger partial charge in [-0.05, 0) is 29.9 Å². The largest absolute Gasteiger partial charge is 0.384 e. The third-order valence-corrected chi connectivity index (χ3v) is 3.12. The molecule has 0 amide bonds. The van der Waals surface area contributed by atoms with Crippen molar-refractivity contribution in [1.82, 2.24) is 0 Å². The van der Waals surface area contributed by atoms with E-state index in [-0.39, 0.29) is 6.61 Å². The lowest BCUT2D eigenvalue weighted by Gasteiger charge is -2.00. The lowest BCUT2D eigenvalue weighted by Crippen LogP contribution is -1.83. The van der Waals surface area contributed by atoms with Gasteiger partial charge in [-0.3, -0.25) is 0 Å². The summed E-state index contributed by atoms with van der Waals surface area (Å²) in [5.41, 5.74) is 2.30. The van der Waals surface area contributed by atoms with E-state index in [0.717, 1.165) is 11.3 Å². The summed E-state index contributed by atoms with van der Waals surface area (Å²) in [6, 6.07) is 8.21. The van der Waals surface area contributed by atoms with Crippen LogP contribution in [-0.2, 0) is 5.75 Å². The third-order valence-electron chi connectivity index (χ3n) is 1.88. The molecule has 80 valence electrons. The van der Waals surface area contributed by atoms with Gasteiger partial charge in [0.1, 0.15) is 6.61 Å². The third kappa shape index (κ3) is 4.92. The molecule has 0 radical (unpaired) electrons. The van der Waals surface area contributed by atoms with E-state index in [0.29, 0.717) is 0 Å². The molecule has 2 heteroatoms. The molecule has 0 saturated carbocycles. The first-order chi connectivity index (χ1) is 7.36. The topological polar surface area (TPSA) is 20.2 Å². The highest BCUT2D eigenvalue weighted by atomic mass is 32.2. The maximum Gasteiger partial charge on any atom is 0.104 e. The van der Waals surface area contributed by atoms with Crippen molar-refractivity contribution >= 4 is 11.8 Å². The second kappa shape index (κ2) is 7.39. The molecule has 0 spiro atoms. The molecule has 1 nitrogen and oxygen atoms in total. The number of hydrogen-bond acceptors (Lipinski definition) is 2. The average Bonchev–Trinajstić information content (AvgIpc) is 2.28. The van der Waals surface area contributed by atoms with E-state index in [9.17, 15) is 0 Å². The number of benzene rings is 1. The van der Waals surface area contributed by atoms with E-state index < -0.39 is 0 Å². The lowest BCUT2D eigenvalue weighted by molar-refractivity contribution is 0.350. The molecule has 1 aromatic carbocycles. The second-order valence-corrected chi connectivity index (χ2v) is 4.31. The standard InChI is InChI=1S/C13H16OS/c1-2-10-15-11-13-7-5-12(6-8-13)4-3-9-14/h5-8,14H,2,9-11H2,1H3. The molecule has 0 aromatic heterocycles. The zero-order valence-corrected chi connectivity index (χ0v) is 9.81. The van der Waals surface area contributed by atoms with Crippen molar-refractivity contribution in [3.63, 3.8) is 0 Å². The van der Waals surface area contributed by atoms with Crippen LogP contribution in [0.5, 0.6) is 0 Å². The van der Waals surface area contributed by atoms with E-state index >= 15 is 0 Å². The molecule has 1 N–H and O–H groups in total. The molecule has 1 aromatic rings. The zero-order chi connectivity index (χ0) is 10.9. The Morgan fingerprint density at radius 3 is 2.60 bits per heavy atom. The van der Waals surface area contributed by atoms with Crippen molar-refractivity contribution in [2.45, 2.75) is 19.1 Å². The van der Waals surface area contributed by atoms with Gasteiger partial charge >= 0.3 is 0 Å². The Morgan fingerprint density at radius 1 is 1.27 bits per heavy atom. The van der Waals surface area contributed by atoms with Gasteiger partial charge in [-0.1, -0.05) is 30.9 Å². The molecule has 0 atom stereocenters. The van der Waals surface area contributed by atoms with Gasteiger partial charge in [0.25, 0.3) is 0 Å². The maximum absolute atomic E-state index is 8.55. The molecule has 0 fully saturated rings. The molecule has 0 heterocycles. The maximum atomic E-state index is 8.55. The van der Waals surface area contributed by atoms with E-state index in [2.05, 4.69) is 30.9 Å². The predicted molar refractivity (Wildman–Crippen MR) is 66.9 cm³/mol. The fraction of sp³-hybridized carbons (Fsp3) is 0.385. The molecule has 0 bridgehead atoms. The normalized spacial score (nSPS) is 9.47. The molecular weight excluding hydrogens is 204 g/mol. The summed E-state index contributed by atoms with van der Waals surface area (Å²) in [4.78, 5) is 0. The highest BCUT2D eigenvalue weighted by molar-refractivity contribution is 7.98. The first kappa shape index (κ1) is 12.2. The number of aliphatic hydroxyl groups excluding tert-OH is 1. The minimum Gasteiger partial charge on any atom is -0.384 e. The fourth-order valence-corrected chi connectivity index (χ4v) is 2.02. The molecule has 0 saturated heterocycles. The summed E-state index contributed by atoms with van der Waals surface area (Å²) in [6.07, 6.45) is 1.23. The first-order valence-corrected chi connectivity index (χ1v) is 6.28. The molecular formula is C13H16OS. The van der Waals surface area contributed by atoms with Crippen molar-refractivity contribution in [2.75, 3.05) is 12.4 Å². The zero-order valence-electron chi connectivity index (χ0n) is 8.99. The van der Waals surface area contributed by atoms with Crippen LogP contribution < -0.4 is 0 Å². The Morgan fingerprint density at radius 2 is 2.00 bits per heavy atom. The smallest absolute Gasteiger partial charge is 0.104 e. The van der Waals surface area contributed by atoms with Gasteiger partial charge in [-0.2, -0.15) is 11.8 Å². The molecule has 0 aliphatic carbocycles. The van der Waals surface area contributed by atoms with Gasteiger partial charge in [0, 0.05) is 11.3 Å². The van der Waals surface area contributed by atoms with Crippen molar-refractivity contribution in [3.8, 4) is 11.8 Å². The van der Waals surface area contributed by atoms with E-state index in [1.54, 1.807) is 0 Å². The van der Waals surface area contributed by atoms with Gasteiger partial charge in [-0.15, -0.1) is 0 Å². The van der Waals surface area contributed by atoms with Crippen LogP contribution in [0.1, 0.15) is 24.5 Å². The summed E-state index contributed by atoms with van der Waals surface area (Å²) >= 11 is 1.95. The van der Waals surface area contributed by atoms with E-state index in [4.69, 9.17) is 5.11 Å². The molecule has 1 rings (SSSR count). The summed E-state index contributed by atoms with van der Waals surface area (Å²) in [5, 5.41) is 8.55. The fourth-order valence-electron chi connectivity index (χ4n) is 1.16. The summed E-state index contributed by atoms with van der Waals surface area (Å²) in [6.45, 7) is 2.12. The van der Waals surface area contributed by atoms with Crippen molar-refractivity contribution in [3.05, 3.63) is 35.4 Å². The van der Waals surface area contributed by atoms with Gasteiger partial charge in [0.2, 0.25) is 0 Å². The van der Waals surface area contributed by atoms with Crippen molar-refractivity contribution in [2.24, 2.45) is 0 Å². The number of aliphatic hydroxyl groups is 1. The minimum atomic E-state index is -0.0753. The number of thioether (sulfide) groups is 1. The van der Waals surface area contributed by atoms with Crippen molar-refractivity contribution in [1.29, 1.82) is 0 Å². The Balaban J connectivity index is 2.49. The van der Waals surface area contributed by atoms with Gasteiger partial charge < -0.3 is 5.11 Å². The number of rotatable bonds is 4. The highest BCUT2D eigenvalue weighted by Crippen LogP contribution is 2.13. The van der Waals surface area contributed by atoms with Crippen LogP contribution in [0.4, 0.5) is 0 Å². The Labute approximate surface area is 95.9 Å². The summed E-state index contributed by atoms with van der Waals surface area (Å²) < 4.78 is 0. The van der Waals surface area contributed by atoms with Crippen LogP contribution >= 0.6 is 11.8 Å². The summed E-state index contributed by atoms with van der Waals surface area (Å²) in [5.74, 6) is 7.80. The van der Waals surface area contributed by atoms with Crippen LogP contribution in [0.25, 0.3) is 0 Å². The van der Waals surface area contributed by atoms with Crippen molar-refractivity contribution < 1.29 is 5.11 Å². The molecule has 15 heavy (non-hydrogen) atoms. The van der Waals surface area contributed by atoms with E-state index in [1.807, 2.05) is 23.9 Å². The summed E-state index contributed by atoms with van der Waals surface area (Å²) in [7, 11) is 0. The lowest BCUT2D eigenvalue weighted by atomic mass is 10.1. The Bertz CT molecular complexity index is 332. The average molecular weight is 220 g/mol. The second-order valence-electron chi connectivity index (χ2n) is 3.21. The van der Waals surface area contributed by atoms with Crippen LogP contribution in [0.3, 0.4) is 0 Å². The molecule has 0 aliphatic rings. The number of hydrogen-bond donors (Lipinski definition) is 1. The first-order valence-electron chi connectivity index (χ1n) is 5.13. The predicted octanol–water partition coefficient (Wildman–Crippen LogP) is 2.67. The van der Waals surface area contributed by atoms with Crippen LogP contribution in [-0.4, -0.2) is 17.5 Å². The molecule has 0 unspecified atom stereocenters. The Kier molecular flexibility index (Phi) is 5.99.